The van der Waals surface area contributed by atoms with Crippen LogP contribution in [0, 0.1) is 0 Å². The Balaban J connectivity index is 2.40. The maximum Gasteiger partial charge on any atom is 0.0113 e. The molecule has 0 aromatic rings. The lowest BCUT2D eigenvalue weighted by atomic mass is 9.93. The SMILES string of the molecule is CCCCCCCCC1=PCC(CCCCCCCC)=C1CCCCCCCC. The quantitative estimate of drug-likeness (QED) is 0.128. The summed E-state index contributed by atoms with van der Waals surface area (Å²) >= 11 is 0. The van der Waals surface area contributed by atoms with Crippen LogP contribution in [0.4, 0.5) is 0 Å². The fourth-order valence-electron chi connectivity index (χ4n) is 4.64. The zero-order chi connectivity index (χ0) is 21.0. The van der Waals surface area contributed by atoms with Gasteiger partial charge in [-0.15, -0.1) is 0 Å². The molecule has 1 heteroatoms. The lowest BCUT2D eigenvalue weighted by Crippen LogP contribution is -2.02. The van der Waals surface area contributed by atoms with Gasteiger partial charge in [0.2, 0.25) is 0 Å². The number of allylic oxidation sites excluding steroid dienone is 2. The first-order valence-corrected chi connectivity index (χ1v) is 14.7. The third-order valence-corrected chi connectivity index (χ3v) is 8.03. The standard InChI is InChI=1S/C28H53P/c1-4-7-10-13-16-19-22-26-25-29-28(24-21-18-15-12-9-6-3)27(26)23-20-17-14-11-8-5-2/h4-25H2,1-3H3. The predicted molar refractivity (Wildman–Crippen MR) is 138 cm³/mol. The smallest absolute Gasteiger partial charge is 0.0113 e. The van der Waals surface area contributed by atoms with Crippen molar-refractivity contribution in [2.24, 2.45) is 0 Å². The van der Waals surface area contributed by atoms with E-state index in [1.165, 1.54) is 141 Å². The van der Waals surface area contributed by atoms with Crippen LogP contribution >= 0.6 is 8.20 Å². The highest BCUT2D eigenvalue weighted by Gasteiger charge is 2.17. The molecular formula is C28H53P. The minimum absolute atomic E-state index is 1.36. The highest BCUT2D eigenvalue weighted by Crippen LogP contribution is 2.34. The molecule has 0 radical (unpaired) electrons. The number of hydrogen-bond acceptors (Lipinski definition) is 0. The summed E-state index contributed by atoms with van der Waals surface area (Å²) in [4.78, 5) is 0. The molecule has 0 aromatic carbocycles. The van der Waals surface area contributed by atoms with Crippen LogP contribution in [0.3, 0.4) is 0 Å². The number of unbranched alkanes of at least 4 members (excludes halogenated alkanes) is 15. The average Bonchev–Trinajstić information content (AvgIpc) is 3.11. The van der Waals surface area contributed by atoms with Gasteiger partial charge < -0.3 is 0 Å². The minimum Gasteiger partial charge on any atom is -0.0962 e. The molecule has 0 saturated heterocycles. The van der Waals surface area contributed by atoms with Crippen LogP contribution in [0.15, 0.2) is 11.1 Å². The van der Waals surface area contributed by atoms with E-state index in [9.17, 15) is 0 Å². The first kappa shape index (κ1) is 26.9. The van der Waals surface area contributed by atoms with Crippen molar-refractivity contribution in [1.29, 1.82) is 0 Å². The van der Waals surface area contributed by atoms with Gasteiger partial charge in [-0.1, -0.05) is 131 Å². The fraction of sp³-hybridized carbons (Fsp3) is 0.893. The van der Waals surface area contributed by atoms with Crippen molar-refractivity contribution in [2.75, 3.05) is 6.16 Å². The van der Waals surface area contributed by atoms with Crippen LogP contribution in [0.5, 0.6) is 0 Å². The lowest BCUT2D eigenvalue weighted by molar-refractivity contribution is 0.599. The van der Waals surface area contributed by atoms with E-state index in [1.807, 2.05) is 16.4 Å². The van der Waals surface area contributed by atoms with Gasteiger partial charge in [-0.2, -0.15) is 0 Å². The summed E-state index contributed by atoms with van der Waals surface area (Å²) in [7, 11) is 1.68. The molecule has 170 valence electrons. The van der Waals surface area contributed by atoms with Crippen LogP contribution in [-0.2, 0) is 0 Å². The molecule has 0 nitrogen and oxygen atoms in total. The third kappa shape index (κ3) is 13.8. The van der Waals surface area contributed by atoms with Crippen LogP contribution in [-0.4, -0.2) is 11.5 Å². The van der Waals surface area contributed by atoms with E-state index in [0.29, 0.717) is 0 Å². The number of hydrogen-bond donors (Lipinski definition) is 0. The normalized spacial score (nSPS) is 14.7. The maximum atomic E-state index is 2.32. The van der Waals surface area contributed by atoms with Gasteiger partial charge in [0.15, 0.2) is 0 Å². The summed E-state index contributed by atoms with van der Waals surface area (Å²) in [6.45, 7) is 6.95. The van der Waals surface area contributed by atoms with Gasteiger partial charge in [0.25, 0.3) is 0 Å². The van der Waals surface area contributed by atoms with E-state index in [2.05, 4.69) is 20.8 Å². The molecule has 1 aliphatic heterocycles. The molecule has 0 spiro atoms. The van der Waals surface area contributed by atoms with Crippen LogP contribution in [0.2, 0.25) is 0 Å². The molecule has 1 rings (SSSR count). The second kappa shape index (κ2) is 19.8. The zero-order valence-corrected chi connectivity index (χ0v) is 21.4. The Morgan fingerprint density at radius 3 is 1.41 bits per heavy atom. The highest BCUT2D eigenvalue weighted by atomic mass is 31.1. The van der Waals surface area contributed by atoms with Gasteiger partial charge in [0.05, 0.1) is 0 Å². The van der Waals surface area contributed by atoms with Crippen LogP contribution < -0.4 is 0 Å². The fourth-order valence-corrected chi connectivity index (χ4v) is 6.15. The van der Waals surface area contributed by atoms with Gasteiger partial charge in [-0.05, 0) is 49.4 Å². The van der Waals surface area contributed by atoms with Crippen molar-refractivity contribution in [2.45, 2.75) is 156 Å². The topological polar surface area (TPSA) is 0 Å². The van der Waals surface area contributed by atoms with Crippen molar-refractivity contribution >= 4 is 13.5 Å². The third-order valence-electron chi connectivity index (χ3n) is 6.62. The molecule has 0 amide bonds. The van der Waals surface area contributed by atoms with E-state index in [-0.39, 0.29) is 0 Å². The van der Waals surface area contributed by atoms with Gasteiger partial charge in [-0.25, -0.2) is 0 Å². The molecule has 0 N–H and O–H groups in total. The monoisotopic (exact) mass is 420 g/mol. The first-order chi connectivity index (χ1) is 14.3. The molecule has 0 unspecified atom stereocenters. The lowest BCUT2D eigenvalue weighted by Gasteiger charge is -2.12. The molecule has 0 atom stereocenters. The molecule has 1 aliphatic rings. The minimum atomic E-state index is 1.36. The first-order valence-electron chi connectivity index (χ1n) is 13.6. The Morgan fingerprint density at radius 1 is 0.483 bits per heavy atom. The molecule has 0 fully saturated rings. The summed E-state index contributed by atoms with van der Waals surface area (Å²) in [6, 6.07) is 0. The average molecular weight is 421 g/mol. The molecule has 0 aromatic heterocycles. The highest BCUT2D eigenvalue weighted by molar-refractivity contribution is 7.42. The van der Waals surface area contributed by atoms with Crippen molar-refractivity contribution < 1.29 is 0 Å². The predicted octanol–water partition coefficient (Wildman–Crippen LogP) is 10.7. The largest absolute Gasteiger partial charge is 0.0962 e. The van der Waals surface area contributed by atoms with Crippen LogP contribution in [0.25, 0.3) is 0 Å². The number of rotatable bonds is 21. The summed E-state index contributed by atoms with van der Waals surface area (Å²) < 4.78 is 0. The molecular weight excluding hydrogens is 367 g/mol. The summed E-state index contributed by atoms with van der Waals surface area (Å²) in [5, 5.41) is 1.86. The Kier molecular flexibility index (Phi) is 18.4. The van der Waals surface area contributed by atoms with E-state index in [0.717, 1.165) is 0 Å². The molecule has 0 bridgehead atoms. The van der Waals surface area contributed by atoms with Crippen molar-refractivity contribution in [3.63, 3.8) is 0 Å². The van der Waals surface area contributed by atoms with Gasteiger partial charge in [0, 0.05) is 6.16 Å². The molecule has 0 saturated carbocycles. The van der Waals surface area contributed by atoms with Crippen molar-refractivity contribution in [1.82, 2.24) is 0 Å². The van der Waals surface area contributed by atoms with E-state index in [1.54, 1.807) is 8.20 Å². The Morgan fingerprint density at radius 2 is 0.897 bits per heavy atom. The molecule has 1 heterocycles. The zero-order valence-electron chi connectivity index (χ0n) is 20.5. The van der Waals surface area contributed by atoms with E-state index >= 15 is 0 Å². The molecule has 0 aliphatic carbocycles. The van der Waals surface area contributed by atoms with Crippen LogP contribution in [0.1, 0.15) is 156 Å². The van der Waals surface area contributed by atoms with Gasteiger partial charge in [-0.3, -0.25) is 0 Å². The molecule has 29 heavy (non-hydrogen) atoms. The van der Waals surface area contributed by atoms with E-state index < -0.39 is 0 Å². The Bertz CT molecular complexity index is 432. The van der Waals surface area contributed by atoms with Crippen molar-refractivity contribution in [3.8, 4) is 0 Å². The Labute approximate surface area is 186 Å². The summed E-state index contributed by atoms with van der Waals surface area (Å²) in [5.41, 5.74) is 3.74. The summed E-state index contributed by atoms with van der Waals surface area (Å²) in [6.07, 6.45) is 31.4. The van der Waals surface area contributed by atoms with Gasteiger partial charge >= 0.3 is 0 Å². The maximum absolute atomic E-state index is 2.32. The second-order valence-electron chi connectivity index (χ2n) is 9.40. The Hall–Kier alpha value is -0.0900. The summed E-state index contributed by atoms with van der Waals surface area (Å²) in [5.74, 6) is 0. The second-order valence-corrected chi connectivity index (χ2v) is 10.6. The van der Waals surface area contributed by atoms with Crippen molar-refractivity contribution in [3.05, 3.63) is 11.1 Å². The van der Waals surface area contributed by atoms with E-state index in [4.69, 9.17) is 0 Å². The van der Waals surface area contributed by atoms with Gasteiger partial charge in [0.1, 0.15) is 0 Å².